The minimum atomic E-state index is -0.385. The van der Waals surface area contributed by atoms with E-state index in [2.05, 4.69) is 26.2 Å². The lowest BCUT2D eigenvalue weighted by atomic mass is 9.83. The molecule has 1 unspecified atom stereocenters. The van der Waals surface area contributed by atoms with Crippen molar-refractivity contribution in [1.29, 1.82) is 0 Å². The van der Waals surface area contributed by atoms with Crippen LogP contribution in [0.5, 0.6) is 0 Å². The largest absolute Gasteiger partial charge is 0.271 e. The van der Waals surface area contributed by atoms with Gasteiger partial charge in [-0.2, -0.15) is 0 Å². The van der Waals surface area contributed by atoms with Gasteiger partial charge in [0.15, 0.2) is 0 Å². The molecule has 4 heteroatoms. The van der Waals surface area contributed by atoms with Gasteiger partial charge < -0.3 is 0 Å². The molecule has 0 spiro atoms. The molecule has 0 aliphatic heterocycles. The van der Waals surface area contributed by atoms with Gasteiger partial charge in [0, 0.05) is 6.04 Å². The Hall–Kier alpha value is -0.640. The molecule has 0 amide bonds. The van der Waals surface area contributed by atoms with E-state index in [-0.39, 0.29) is 22.3 Å². The molecule has 0 aromatic heterocycles. The summed E-state index contributed by atoms with van der Waals surface area (Å²) in [5, 5.41) is 0.150. The maximum Gasteiger partial charge on any atom is 0.142 e. The number of hydrazine groups is 1. The number of benzene rings is 1. The first-order chi connectivity index (χ1) is 7.34. The fraction of sp³-hybridized carbons (Fsp3) is 0.500. The normalized spacial score (nSPS) is 13.9. The van der Waals surface area contributed by atoms with Crippen molar-refractivity contribution in [2.24, 2.45) is 11.3 Å². The summed E-state index contributed by atoms with van der Waals surface area (Å²) in [6.07, 6.45) is 0.675. The highest BCUT2D eigenvalue weighted by Gasteiger charge is 2.23. The molecular formula is C12H18ClFN2. The highest BCUT2D eigenvalue weighted by Crippen LogP contribution is 2.23. The van der Waals surface area contributed by atoms with E-state index in [4.69, 9.17) is 17.4 Å². The smallest absolute Gasteiger partial charge is 0.142 e. The first-order valence-electron chi connectivity index (χ1n) is 5.24. The third kappa shape index (κ3) is 3.44. The number of nitrogens with two attached hydrogens (primary N) is 1. The third-order valence-electron chi connectivity index (χ3n) is 2.67. The minimum Gasteiger partial charge on any atom is -0.271 e. The number of halogens is 2. The van der Waals surface area contributed by atoms with E-state index in [1.807, 2.05) is 6.07 Å². The molecule has 90 valence electrons. The van der Waals surface area contributed by atoms with Gasteiger partial charge in [-0.15, -0.1) is 0 Å². The predicted octanol–water partition coefficient (Wildman–Crippen LogP) is 2.90. The highest BCUT2D eigenvalue weighted by molar-refractivity contribution is 6.30. The number of rotatable bonds is 3. The maximum atomic E-state index is 13.2. The molecule has 2 nitrogen and oxygen atoms in total. The summed E-state index contributed by atoms with van der Waals surface area (Å²) in [6, 6.07) is 4.94. The Kier molecular flexibility index (Phi) is 4.30. The summed E-state index contributed by atoms with van der Waals surface area (Å²) < 4.78 is 13.2. The molecule has 1 atom stereocenters. The second kappa shape index (κ2) is 5.13. The second-order valence-corrected chi connectivity index (χ2v) is 5.45. The molecule has 16 heavy (non-hydrogen) atoms. The molecule has 0 saturated carbocycles. The van der Waals surface area contributed by atoms with Crippen LogP contribution in [-0.2, 0) is 6.42 Å². The Bertz CT molecular complexity index is 361. The van der Waals surface area contributed by atoms with E-state index < -0.39 is 0 Å². The Morgan fingerprint density at radius 2 is 2.06 bits per heavy atom. The topological polar surface area (TPSA) is 38.0 Å². The Morgan fingerprint density at radius 1 is 1.44 bits per heavy atom. The van der Waals surface area contributed by atoms with Gasteiger partial charge >= 0.3 is 0 Å². The van der Waals surface area contributed by atoms with Gasteiger partial charge in [-0.3, -0.25) is 11.3 Å². The molecule has 0 saturated heterocycles. The second-order valence-electron chi connectivity index (χ2n) is 5.04. The van der Waals surface area contributed by atoms with Gasteiger partial charge in [-0.25, -0.2) is 4.39 Å². The lowest BCUT2D eigenvalue weighted by Gasteiger charge is -2.30. The molecule has 0 heterocycles. The van der Waals surface area contributed by atoms with E-state index in [0.29, 0.717) is 6.42 Å². The molecule has 0 radical (unpaired) electrons. The van der Waals surface area contributed by atoms with Crippen LogP contribution in [0.1, 0.15) is 26.3 Å². The van der Waals surface area contributed by atoms with Crippen LogP contribution in [0, 0.1) is 11.2 Å². The predicted molar refractivity (Wildman–Crippen MR) is 65.7 cm³/mol. The van der Waals surface area contributed by atoms with Crippen LogP contribution in [0.2, 0.25) is 5.02 Å². The van der Waals surface area contributed by atoms with Crippen molar-refractivity contribution in [1.82, 2.24) is 5.43 Å². The Morgan fingerprint density at radius 3 is 2.50 bits per heavy atom. The molecule has 1 rings (SSSR count). The van der Waals surface area contributed by atoms with Crippen molar-refractivity contribution in [3.63, 3.8) is 0 Å². The van der Waals surface area contributed by atoms with Crippen LogP contribution in [0.4, 0.5) is 4.39 Å². The van der Waals surface area contributed by atoms with Crippen molar-refractivity contribution < 1.29 is 4.39 Å². The number of hydrogen-bond donors (Lipinski definition) is 2. The molecule has 0 bridgehead atoms. The summed E-state index contributed by atoms with van der Waals surface area (Å²) >= 11 is 5.63. The zero-order valence-corrected chi connectivity index (χ0v) is 10.6. The maximum absolute atomic E-state index is 13.2. The Labute approximate surface area is 101 Å². The first kappa shape index (κ1) is 13.4. The van der Waals surface area contributed by atoms with Crippen molar-refractivity contribution in [3.05, 3.63) is 34.6 Å². The van der Waals surface area contributed by atoms with Crippen LogP contribution in [0.3, 0.4) is 0 Å². The first-order valence-corrected chi connectivity index (χ1v) is 5.62. The van der Waals surface area contributed by atoms with E-state index in [0.717, 1.165) is 5.56 Å². The van der Waals surface area contributed by atoms with E-state index in [9.17, 15) is 4.39 Å². The van der Waals surface area contributed by atoms with Gasteiger partial charge in [0.05, 0.1) is 5.02 Å². The third-order valence-corrected chi connectivity index (χ3v) is 2.98. The monoisotopic (exact) mass is 244 g/mol. The summed E-state index contributed by atoms with van der Waals surface area (Å²) in [5.74, 6) is 5.12. The molecule has 0 aliphatic carbocycles. The van der Waals surface area contributed by atoms with Crippen molar-refractivity contribution in [3.8, 4) is 0 Å². The van der Waals surface area contributed by atoms with Gasteiger partial charge in [-0.05, 0) is 29.5 Å². The van der Waals surface area contributed by atoms with Gasteiger partial charge in [0.25, 0.3) is 0 Å². The van der Waals surface area contributed by atoms with E-state index >= 15 is 0 Å². The van der Waals surface area contributed by atoms with E-state index in [1.165, 1.54) is 6.07 Å². The lowest BCUT2D eigenvalue weighted by molar-refractivity contribution is 0.268. The molecule has 1 aromatic rings. The molecular weight excluding hydrogens is 227 g/mol. The fourth-order valence-electron chi connectivity index (χ4n) is 1.52. The fourth-order valence-corrected chi connectivity index (χ4v) is 1.63. The van der Waals surface area contributed by atoms with Gasteiger partial charge in [0.1, 0.15) is 5.82 Å². The number of nitrogens with one attached hydrogen (secondary N) is 1. The zero-order chi connectivity index (χ0) is 12.3. The molecule has 1 aromatic carbocycles. The summed E-state index contributed by atoms with van der Waals surface area (Å²) in [5.41, 5.74) is 3.68. The summed E-state index contributed by atoms with van der Waals surface area (Å²) in [6.45, 7) is 6.26. The molecule has 3 N–H and O–H groups in total. The van der Waals surface area contributed by atoms with E-state index in [1.54, 1.807) is 6.07 Å². The lowest BCUT2D eigenvalue weighted by Crippen LogP contribution is -2.45. The van der Waals surface area contributed by atoms with Crippen molar-refractivity contribution in [2.45, 2.75) is 33.2 Å². The van der Waals surface area contributed by atoms with Crippen molar-refractivity contribution in [2.75, 3.05) is 0 Å². The molecule has 0 fully saturated rings. The standard InChI is InChI=1S/C12H18ClFN2/c1-12(2,3)11(16-15)7-8-4-5-9(13)10(14)6-8/h4-6,11,16H,7,15H2,1-3H3. The Balaban J connectivity index is 2.83. The summed E-state index contributed by atoms with van der Waals surface area (Å²) in [4.78, 5) is 0. The van der Waals surface area contributed by atoms with Crippen molar-refractivity contribution >= 4 is 11.6 Å². The quantitative estimate of drug-likeness (QED) is 0.634. The van der Waals surface area contributed by atoms with Crippen LogP contribution in [-0.4, -0.2) is 6.04 Å². The molecule has 0 aliphatic rings. The van der Waals surface area contributed by atoms with Crippen LogP contribution in [0.25, 0.3) is 0 Å². The average molecular weight is 245 g/mol. The SMILES string of the molecule is CC(C)(C)C(Cc1ccc(Cl)c(F)c1)NN. The van der Waals surface area contributed by atoms with Crippen LogP contribution in [0.15, 0.2) is 18.2 Å². The highest BCUT2D eigenvalue weighted by atomic mass is 35.5. The van der Waals surface area contributed by atoms with Crippen LogP contribution < -0.4 is 11.3 Å². The van der Waals surface area contributed by atoms with Gasteiger partial charge in [0.2, 0.25) is 0 Å². The minimum absolute atomic E-state index is 0.0187. The van der Waals surface area contributed by atoms with Crippen LogP contribution >= 0.6 is 11.6 Å². The zero-order valence-electron chi connectivity index (χ0n) is 9.85. The average Bonchev–Trinajstić information content (AvgIpc) is 2.18. The summed E-state index contributed by atoms with van der Waals surface area (Å²) in [7, 11) is 0. The number of hydrogen-bond acceptors (Lipinski definition) is 2. The van der Waals surface area contributed by atoms with Gasteiger partial charge in [-0.1, -0.05) is 38.4 Å².